The van der Waals surface area contributed by atoms with Crippen molar-refractivity contribution in [2.45, 2.75) is 13.3 Å². The molecule has 144 valence electrons. The Kier molecular flexibility index (Phi) is 5.33. The molecule has 1 aliphatic heterocycles. The topological polar surface area (TPSA) is 57.7 Å². The summed E-state index contributed by atoms with van der Waals surface area (Å²) in [5, 5.41) is 0. The smallest absolute Gasteiger partial charge is 0.253 e. The number of carbonyl (C=O) groups is 3. The van der Waals surface area contributed by atoms with Crippen LogP contribution in [0.15, 0.2) is 42.5 Å². The summed E-state index contributed by atoms with van der Waals surface area (Å²) in [6.07, 6.45) is 1.13. The van der Waals surface area contributed by atoms with Gasteiger partial charge in [0.1, 0.15) is 0 Å². The summed E-state index contributed by atoms with van der Waals surface area (Å²) in [6, 6.07) is 11.7. The van der Waals surface area contributed by atoms with Crippen molar-refractivity contribution in [3.05, 3.63) is 70.3 Å². The number of piperazine rings is 1. The van der Waals surface area contributed by atoms with Gasteiger partial charge in [-0.15, -0.1) is 0 Å². The molecule has 2 aliphatic rings. The summed E-state index contributed by atoms with van der Waals surface area (Å²) in [6.45, 7) is 5.18. The quantitative estimate of drug-likeness (QED) is 0.636. The van der Waals surface area contributed by atoms with E-state index >= 15 is 0 Å². The molecule has 6 heteroatoms. The molecule has 1 saturated heterocycles. The molecule has 1 heterocycles. The third kappa shape index (κ3) is 3.38. The van der Waals surface area contributed by atoms with Crippen LogP contribution in [0.5, 0.6) is 0 Å². The normalized spacial score (nSPS) is 16.7. The summed E-state index contributed by atoms with van der Waals surface area (Å²) >= 11 is 1.83. The molecule has 1 fully saturated rings. The van der Waals surface area contributed by atoms with Gasteiger partial charge in [0, 0.05) is 59.7 Å². The second-order valence-electron chi connectivity index (χ2n) is 7.02. The van der Waals surface area contributed by atoms with Crippen LogP contribution in [0.1, 0.15) is 55.5 Å². The molecule has 1 aliphatic carbocycles. The zero-order chi connectivity index (χ0) is 19.7. The average Bonchev–Trinajstić information content (AvgIpc) is 2.75. The van der Waals surface area contributed by atoms with Crippen molar-refractivity contribution >= 4 is 29.4 Å². The lowest BCUT2D eigenvalue weighted by atomic mass is 9.83. The largest absolute Gasteiger partial charge is 0.336 e. The summed E-state index contributed by atoms with van der Waals surface area (Å²) in [5.74, 6) is 0.657. The fraction of sp³-hybridized carbons (Fsp3) is 0.318. The predicted molar refractivity (Wildman–Crippen MR) is 110 cm³/mol. The van der Waals surface area contributed by atoms with Crippen molar-refractivity contribution in [3.63, 3.8) is 0 Å². The zero-order valence-corrected chi connectivity index (χ0v) is 16.6. The van der Waals surface area contributed by atoms with E-state index in [1.54, 1.807) is 42.5 Å². The Labute approximate surface area is 168 Å². The van der Waals surface area contributed by atoms with Crippen molar-refractivity contribution in [1.82, 2.24) is 9.21 Å². The number of hydrogen-bond donors (Lipinski definition) is 0. The van der Waals surface area contributed by atoms with E-state index in [-0.39, 0.29) is 17.5 Å². The van der Waals surface area contributed by atoms with Gasteiger partial charge in [0.15, 0.2) is 11.6 Å². The van der Waals surface area contributed by atoms with Crippen molar-refractivity contribution in [2.75, 3.05) is 31.9 Å². The predicted octanol–water partition coefficient (Wildman–Crippen LogP) is 3.28. The molecule has 0 spiro atoms. The molecule has 0 atom stereocenters. The van der Waals surface area contributed by atoms with E-state index in [2.05, 4.69) is 11.2 Å². The maximum atomic E-state index is 12.9. The van der Waals surface area contributed by atoms with E-state index in [0.717, 1.165) is 25.3 Å². The van der Waals surface area contributed by atoms with Gasteiger partial charge in [0.2, 0.25) is 0 Å². The number of benzene rings is 2. The zero-order valence-electron chi connectivity index (χ0n) is 15.8. The fourth-order valence-electron chi connectivity index (χ4n) is 3.66. The third-order valence-corrected chi connectivity index (χ3v) is 6.50. The Morgan fingerprint density at radius 2 is 1.50 bits per heavy atom. The van der Waals surface area contributed by atoms with E-state index in [1.807, 2.05) is 16.8 Å². The standard InChI is InChI=1S/C22H22N2O3S/c1-2-13-28-24-11-9-23(10-12-24)22(27)15-7-8-18-19(14-15)21(26)17-6-4-3-5-16(17)20(18)25/h3-8,14H,2,9-13H2,1H3. The Hall–Kier alpha value is -2.44. The number of carbonyl (C=O) groups excluding carboxylic acids is 3. The molecule has 2 aromatic rings. The van der Waals surface area contributed by atoms with Gasteiger partial charge < -0.3 is 4.90 Å². The maximum Gasteiger partial charge on any atom is 0.253 e. The van der Waals surface area contributed by atoms with Crippen LogP contribution in [0.25, 0.3) is 0 Å². The molecule has 5 nitrogen and oxygen atoms in total. The van der Waals surface area contributed by atoms with Gasteiger partial charge in [0.25, 0.3) is 5.91 Å². The first-order valence-electron chi connectivity index (χ1n) is 9.59. The minimum atomic E-state index is -0.194. The molecular formula is C22H22N2O3S. The second-order valence-corrected chi connectivity index (χ2v) is 8.20. The van der Waals surface area contributed by atoms with Gasteiger partial charge >= 0.3 is 0 Å². The number of ketones is 2. The van der Waals surface area contributed by atoms with E-state index in [4.69, 9.17) is 0 Å². The molecule has 0 saturated carbocycles. The first kappa shape index (κ1) is 18.9. The van der Waals surface area contributed by atoms with Gasteiger partial charge in [-0.3, -0.25) is 14.4 Å². The minimum Gasteiger partial charge on any atom is -0.336 e. The van der Waals surface area contributed by atoms with Crippen LogP contribution >= 0.6 is 11.9 Å². The summed E-state index contributed by atoms with van der Waals surface area (Å²) < 4.78 is 2.30. The molecular weight excluding hydrogens is 372 g/mol. The highest BCUT2D eigenvalue weighted by Gasteiger charge is 2.31. The lowest BCUT2D eigenvalue weighted by Gasteiger charge is -2.34. The van der Waals surface area contributed by atoms with E-state index in [9.17, 15) is 14.4 Å². The van der Waals surface area contributed by atoms with Crippen LogP contribution < -0.4 is 0 Å². The van der Waals surface area contributed by atoms with Crippen molar-refractivity contribution in [1.29, 1.82) is 0 Å². The fourth-order valence-corrected chi connectivity index (χ4v) is 4.52. The van der Waals surface area contributed by atoms with Crippen LogP contribution in [0.3, 0.4) is 0 Å². The molecule has 0 bridgehead atoms. The van der Waals surface area contributed by atoms with Gasteiger partial charge in [-0.2, -0.15) is 0 Å². The Bertz CT molecular complexity index is 949. The van der Waals surface area contributed by atoms with Crippen LogP contribution in [-0.2, 0) is 0 Å². The highest BCUT2D eigenvalue weighted by Crippen LogP contribution is 2.28. The number of nitrogens with zero attached hydrogens (tertiary/aromatic N) is 2. The highest BCUT2D eigenvalue weighted by atomic mass is 32.2. The van der Waals surface area contributed by atoms with Gasteiger partial charge in [-0.25, -0.2) is 4.31 Å². The molecule has 1 amide bonds. The molecule has 0 aromatic heterocycles. The van der Waals surface area contributed by atoms with Crippen LogP contribution in [-0.4, -0.2) is 58.6 Å². The summed E-state index contributed by atoms with van der Waals surface area (Å²) in [5.41, 5.74) is 2.01. The number of hydrogen-bond acceptors (Lipinski definition) is 5. The second kappa shape index (κ2) is 7.89. The number of amides is 1. The lowest BCUT2D eigenvalue weighted by molar-refractivity contribution is 0.0703. The third-order valence-electron chi connectivity index (χ3n) is 5.18. The Morgan fingerprint density at radius 3 is 2.14 bits per heavy atom. The van der Waals surface area contributed by atoms with E-state index in [0.29, 0.717) is 40.9 Å². The summed E-state index contributed by atoms with van der Waals surface area (Å²) in [7, 11) is 0. The average molecular weight is 394 g/mol. The Balaban J connectivity index is 1.54. The van der Waals surface area contributed by atoms with E-state index < -0.39 is 0 Å². The van der Waals surface area contributed by atoms with Crippen molar-refractivity contribution < 1.29 is 14.4 Å². The molecule has 0 N–H and O–H groups in total. The summed E-state index contributed by atoms with van der Waals surface area (Å²) in [4.78, 5) is 40.3. The molecule has 28 heavy (non-hydrogen) atoms. The molecule has 0 unspecified atom stereocenters. The first-order chi connectivity index (χ1) is 13.6. The van der Waals surface area contributed by atoms with Crippen LogP contribution in [0.2, 0.25) is 0 Å². The SMILES string of the molecule is CCCSN1CCN(C(=O)c2ccc3c(c2)C(=O)c2ccccc2C3=O)CC1. The maximum absolute atomic E-state index is 12.9. The van der Waals surface area contributed by atoms with Gasteiger partial charge in [-0.1, -0.05) is 43.1 Å². The minimum absolute atomic E-state index is 0.0814. The van der Waals surface area contributed by atoms with Crippen LogP contribution in [0, 0.1) is 0 Å². The monoisotopic (exact) mass is 394 g/mol. The van der Waals surface area contributed by atoms with Crippen molar-refractivity contribution in [2.24, 2.45) is 0 Å². The van der Waals surface area contributed by atoms with Crippen molar-refractivity contribution in [3.8, 4) is 0 Å². The van der Waals surface area contributed by atoms with Gasteiger partial charge in [-0.05, 0) is 24.6 Å². The van der Waals surface area contributed by atoms with Gasteiger partial charge in [0.05, 0.1) is 0 Å². The van der Waals surface area contributed by atoms with E-state index in [1.165, 1.54) is 0 Å². The molecule has 4 rings (SSSR count). The number of fused-ring (bicyclic) bond motifs is 2. The molecule has 0 radical (unpaired) electrons. The Morgan fingerprint density at radius 1 is 0.893 bits per heavy atom. The first-order valence-corrected chi connectivity index (χ1v) is 10.5. The lowest BCUT2D eigenvalue weighted by Crippen LogP contribution is -2.46. The van der Waals surface area contributed by atoms with Crippen LogP contribution in [0.4, 0.5) is 0 Å². The number of rotatable bonds is 4. The highest BCUT2D eigenvalue weighted by molar-refractivity contribution is 7.97. The molecule has 2 aromatic carbocycles.